The minimum absolute atomic E-state index is 0. The molecule has 2 N–H and O–H groups in total. The lowest BCUT2D eigenvalue weighted by Gasteiger charge is -2.22. The van der Waals surface area contributed by atoms with Crippen molar-refractivity contribution in [3.8, 4) is 0 Å². The molecular weight excluding hydrogens is 339 g/mol. The van der Waals surface area contributed by atoms with Crippen LogP contribution in [0.5, 0.6) is 0 Å². The van der Waals surface area contributed by atoms with Crippen LogP contribution in [0, 0.1) is 5.92 Å². The Morgan fingerprint density at radius 3 is 2.95 bits per heavy atom. The highest BCUT2D eigenvalue weighted by Crippen LogP contribution is 2.26. The number of carbonyl (C=O) groups excluding carboxylic acids is 1. The normalized spacial score (nSPS) is 17.6. The van der Waals surface area contributed by atoms with E-state index in [0.29, 0.717) is 6.42 Å². The van der Waals surface area contributed by atoms with E-state index in [9.17, 15) is 4.79 Å². The molecule has 1 heterocycles. The van der Waals surface area contributed by atoms with Gasteiger partial charge in [-0.3, -0.25) is 4.79 Å². The fourth-order valence-electron chi connectivity index (χ4n) is 2.49. The second kappa shape index (κ2) is 11.2. The predicted octanol–water partition coefficient (Wildman–Crippen LogP) is 3.75. The van der Waals surface area contributed by atoms with Gasteiger partial charge in [0.2, 0.25) is 5.91 Å². The maximum atomic E-state index is 11.8. The molecule has 1 amide bonds. The number of piperidine rings is 1. The highest BCUT2D eigenvalue weighted by atomic mass is 35.5. The molecule has 1 aliphatic heterocycles. The molecule has 1 fully saturated rings. The van der Waals surface area contributed by atoms with E-state index in [1.165, 1.54) is 12.8 Å². The van der Waals surface area contributed by atoms with Crippen molar-refractivity contribution in [1.29, 1.82) is 0 Å². The molecule has 22 heavy (non-hydrogen) atoms. The van der Waals surface area contributed by atoms with Gasteiger partial charge in [0.1, 0.15) is 0 Å². The van der Waals surface area contributed by atoms with Crippen molar-refractivity contribution in [3.63, 3.8) is 0 Å². The largest absolute Gasteiger partial charge is 0.356 e. The lowest BCUT2D eigenvalue weighted by Crippen LogP contribution is -2.33. The van der Waals surface area contributed by atoms with Crippen LogP contribution in [-0.2, 0) is 4.79 Å². The highest BCUT2D eigenvalue weighted by Gasteiger charge is 2.12. The maximum Gasteiger partial charge on any atom is 0.220 e. The molecule has 1 atom stereocenters. The molecule has 6 heteroatoms. The van der Waals surface area contributed by atoms with E-state index in [-0.39, 0.29) is 18.3 Å². The summed E-state index contributed by atoms with van der Waals surface area (Å²) in [6, 6.07) is 7.74. The van der Waals surface area contributed by atoms with Gasteiger partial charge in [-0.15, -0.1) is 24.2 Å². The zero-order valence-corrected chi connectivity index (χ0v) is 15.0. The van der Waals surface area contributed by atoms with Crippen LogP contribution in [0.3, 0.4) is 0 Å². The van der Waals surface area contributed by atoms with E-state index in [1.54, 1.807) is 11.8 Å². The number of nitrogens with one attached hydrogen (secondary N) is 2. The molecule has 0 radical (unpaired) electrons. The number of hydrogen-bond acceptors (Lipinski definition) is 3. The van der Waals surface area contributed by atoms with Crippen LogP contribution in [0.15, 0.2) is 29.2 Å². The van der Waals surface area contributed by atoms with Crippen LogP contribution in [0.25, 0.3) is 0 Å². The Morgan fingerprint density at radius 1 is 1.41 bits per heavy atom. The average molecular weight is 363 g/mol. The van der Waals surface area contributed by atoms with Gasteiger partial charge in [0.05, 0.1) is 5.02 Å². The molecule has 0 bridgehead atoms. The van der Waals surface area contributed by atoms with Crippen molar-refractivity contribution in [2.45, 2.75) is 30.6 Å². The fraction of sp³-hybridized carbons (Fsp3) is 0.562. The first-order valence-corrected chi connectivity index (χ1v) is 8.97. The minimum atomic E-state index is 0. The first-order valence-electron chi connectivity index (χ1n) is 7.60. The summed E-state index contributed by atoms with van der Waals surface area (Å²) in [4.78, 5) is 12.8. The average Bonchev–Trinajstić information content (AvgIpc) is 2.50. The summed E-state index contributed by atoms with van der Waals surface area (Å²) in [6.07, 6.45) is 4.16. The standard InChI is InChI=1S/C16H23ClN2OS.ClH/c17-14-5-1-2-6-15(14)21-11-8-16(20)19-10-7-13-4-3-9-18-12-13;/h1-2,5-6,13,18H,3-4,7-12H2,(H,19,20);1H. The zero-order valence-electron chi connectivity index (χ0n) is 12.6. The Labute approximate surface area is 148 Å². The maximum absolute atomic E-state index is 11.8. The number of hydrogen-bond donors (Lipinski definition) is 2. The predicted molar refractivity (Wildman–Crippen MR) is 97.3 cm³/mol. The van der Waals surface area contributed by atoms with Crippen LogP contribution < -0.4 is 10.6 Å². The van der Waals surface area contributed by atoms with Crippen molar-refractivity contribution < 1.29 is 4.79 Å². The molecule has 1 saturated heterocycles. The van der Waals surface area contributed by atoms with Crippen molar-refractivity contribution >= 4 is 41.7 Å². The van der Waals surface area contributed by atoms with E-state index in [4.69, 9.17) is 11.6 Å². The van der Waals surface area contributed by atoms with Gasteiger partial charge in [-0.1, -0.05) is 23.7 Å². The number of benzene rings is 1. The summed E-state index contributed by atoms with van der Waals surface area (Å²) in [6.45, 7) is 3.03. The monoisotopic (exact) mass is 362 g/mol. The molecule has 1 aromatic rings. The number of rotatable bonds is 7. The number of thioether (sulfide) groups is 1. The Morgan fingerprint density at radius 2 is 2.23 bits per heavy atom. The SMILES string of the molecule is Cl.O=C(CCSc1ccccc1Cl)NCCC1CCCNC1. The number of amides is 1. The molecule has 1 unspecified atom stereocenters. The van der Waals surface area contributed by atoms with E-state index in [2.05, 4.69) is 10.6 Å². The third-order valence-electron chi connectivity index (χ3n) is 3.70. The molecule has 0 aromatic heterocycles. The molecule has 0 saturated carbocycles. The Kier molecular flexibility index (Phi) is 9.96. The van der Waals surface area contributed by atoms with Gasteiger partial charge < -0.3 is 10.6 Å². The van der Waals surface area contributed by atoms with Crippen molar-refractivity contribution in [3.05, 3.63) is 29.3 Å². The summed E-state index contributed by atoms with van der Waals surface area (Å²) >= 11 is 7.72. The topological polar surface area (TPSA) is 41.1 Å². The second-order valence-corrected chi connectivity index (χ2v) is 6.92. The van der Waals surface area contributed by atoms with Crippen LogP contribution in [0.4, 0.5) is 0 Å². The molecular formula is C16H24Cl2N2OS. The fourth-order valence-corrected chi connectivity index (χ4v) is 3.68. The van der Waals surface area contributed by atoms with Gasteiger partial charge in [0.15, 0.2) is 0 Å². The zero-order chi connectivity index (χ0) is 14.9. The van der Waals surface area contributed by atoms with E-state index in [0.717, 1.165) is 47.6 Å². The summed E-state index contributed by atoms with van der Waals surface area (Å²) in [7, 11) is 0. The summed E-state index contributed by atoms with van der Waals surface area (Å²) in [5, 5.41) is 7.18. The first-order chi connectivity index (χ1) is 10.3. The Balaban J connectivity index is 0.00000242. The number of carbonyl (C=O) groups is 1. The quantitative estimate of drug-likeness (QED) is 0.725. The molecule has 124 valence electrons. The lowest BCUT2D eigenvalue weighted by molar-refractivity contribution is -0.120. The highest BCUT2D eigenvalue weighted by molar-refractivity contribution is 7.99. The molecule has 2 rings (SSSR count). The van der Waals surface area contributed by atoms with Gasteiger partial charge in [0.25, 0.3) is 0 Å². The minimum Gasteiger partial charge on any atom is -0.356 e. The Bertz CT molecular complexity index is 454. The van der Waals surface area contributed by atoms with E-state index in [1.807, 2.05) is 24.3 Å². The third kappa shape index (κ3) is 7.23. The molecule has 1 aliphatic rings. The smallest absolute Gasteiger partial charge is 0.220 e. The van der Waals surface area contributed by atoms with Gasteiger partial charge >= 0.3 is 0 Å². The van der Waals surface area contributed by atoms with Gasteiger partial charge in [-0.25, -0.2) is 0 Å². The van der Waals surface area contributed by atoms with Crippen molar-refractivity contribution in [2.24, 2.45) is 5.92 Å². The van der Waals surface area contributed by atoms with Crippen LogP contribution in [-0.4, -0.2) is 31.3 Å². The molecule has 1 aromatic carbocycles. The van der Waals surface area contributed by atoms with Crippen molar-refractivity contribution in [2.75, 3.05) is 25.4 Å². The number of halogens is 2. The third-order valence-corrected chi connectivity index (χ3v) is 5.21. The van der Waals surface area contributed by atoms with Crippen LogP contribution in [0.1, 0.15) is 25.7 Å². The van der Waals surface area contributed by atoms with E-state index < -0.39 is 0 Å². The van der Waals surface area contributed by atoms with Gasteiger partial charge in [-0.2, -0.15) is 0 Å². The van der Waals surface area contributed by atoms with Crippen LogP contribution >= 0.6 is 35.8 Å². The molecule has 0 aliphatic carbocycles. The summed E-state index contributed by atoms with van der Waals surface area (Å²) in [5.41, 5.74) is 0. The Hall–Kier alpha value is -0.420. The lowest BCUT2D eigenvalue weighted by atomic mass is 9.96. The van der Waals surface area contributed by atoms with Crippen LogP contribution in [0.2, 0.25) is 5.02 Å². The second-order valence-electron chi connectivity index (χ2n) is 5.38. The van der Waals surface area contributed by atoms with Gasteiger partial charge in [-0.05, 0) is 50.4 Å². The van der Waals surface area contributed by atoms with E-state index >= 15 is 0 Å². The summed E-state index contributed by atoms with van der Waals surface area (Å²) < 4.78 is 0. The molecule has 0 spiro atoms. The van der Waals surface area contributed by atoms with Gasteiger partial charge in [0, 0.05) is 23.6 Å². The first kappa shape index (κ1) is 19.6. The summed E-state index contributed by atoms with van der Waals surface area (Å²) in [5.74, 6) is 1.62. The van der Waals surface area contributed by atoms with Crippen molar-refractivity contribution in [1.82, 2.24) is 10.6 Å². The molecule has 3 nitrogen and oxygen atoms in total.